The topological polar surface area (TPSA) is 86.8 Å². The van der Waals surface area contributed by atoms with E-state index < -0.39 is 0 Å². The summed E-state index contributed by atoms with van der Waals surface area (Å²) in [6, 6.07) is 7.09. The van der Waals surface area contributed by atoms with Crippen molar-refractivity contribution in [2.45, 2.75) is 63.8 Å². The Bertz CT molecular complexity index is 827. The average molecular weight is 426 g/mol. The number of fused-ring (bicyclic) bond motifs is 1. The van der Waals surface area contributed by atoms with Gasteiger partial charge in [0.25, 0.3) is 11.8 Å². The highest BCUT2D eigenvalue weighted by atomic mass is 16.2. The van der Waals surface area contributed by atoms with Crippen molar-refractivity contribution in [1.29, 1.82) is 0 Å². The Morgan fingerprint density at radius 3 is 2.29 bits per heavy atom. The highest BCUT2D eigenvalue weighted by molar-refractivity contribution is 6.21. The number of nitrogens with one attached hydrogen (secondary N) is 1. The highest BCUT2D eigenvalue weighted by Gasteiger charge is 2.35. The van der Waals surface area contributed by atoms with Gasteiger partial charge in [-0.1, -0.05) is 31.4 Å². The minimum atomic E-state index is -0.287. The molecule has 1 aromatic rings. The van der Waals surface area contributed by atoms with Crippen LogP contribution in [0, 0.1) is 5.92 Å². The van der Waals surface area contributed by atoms with Gasteiger partial charge in [0.05, 0.1) is 17.0 Å². The van der Waals surface area contributed by atoms with Crippen molar-refractivity contribution in [3.05, 3.63) is 35.4 Å². The summed E-state index contributed by atoms with van der Waals surface area (Å²) in [5.74, 6) is -0.644. The summed E-state index contributed by atoms with van der Waals surface area (Å²) >= 11 is 0. The summed E-state index contributed by atoms with van der Waals surface area (Å²) in [6.07, 6.45) is 8.05. The number of benzene rings is 1. The molecule has 4 amide bonds. The molecule has 1 saturated carbocycles. The lowest BCUT2D eigenvalue weighted by atomic mass is 9.93. The van der Waals surface area contributed by atoms with Crippen LogP contribution in [0.2, 0.25) is 0 Å². The molecule has 3 aliphatic rings. The van der Waals surface area contributed by atoms with Gasteiger partial charge in [-0.2, -0.15) is 0 Å². The van der Waals surface area contributed by atoms with Crippen LogP contribution in [0.5, 0.6) is 0 Å². The average Bonchev–Trinajstić information content (AvgIpc) is 3.05. The fraction of sp³-hybridized carbons (Fsp3) is 0.583. The van der Waals surface area contributed by atoms with Crippen molar-refractivity contribution in [2.75, 3.05) is 19.6 Å². The van der Waals surface area contributed by atoms with E-state index in [1.807, 2.05) is 0 Å². The van der Waals surface area contributed by atoms with Crippen LogP contribution >= 0.6 is 0 Å². The first kappa shape index (κ1) is 21.5. The minimum absolute atomic E-state index is 0.00762. The van der Waals surface area contributed by atoms with Gasteiger partial charge in [0.15, 0.2) is 0 Å². The second kappa shape index (κ2) is 9.62. The molecule has 0 bridgehead atoms. The molecule has 2 fully saturated rings. The van der Waals surface area contributed by atoms with Crippen molar-refractivity contribution >= 4 is 23.6 Å². The number of hydrogen-bond acceptors (Lipinski definition) is 4. The molecule has 1 atom stereocenters. The first-order valence-electron chi connectivity index (χ1n) is 11.6. The number of hydrogen-bond donors (Lipinski definition) is 1. The normalized spacial score (nSPS) is 21.9. The molecule has 7 nitrogen and oxygen atoms in total. The molecular formula is C24H31N3O4. The number of carbonyl (C=O) groups is 4. The lowest BCUT2D eigenvalue weighted by Crippen LogP contribution is -2.48. The SMILES string of the molecule is O=C(NC1CCCCC1)C1CCCN(C(=O)CCCN2C(=O)c3ccccc3C2=O)C1. The van der Waals surface area contributed by atoms with Gasteiger partial charge >= 0.3 is 0 Å². The second-order valence-corrected chi connectivity index (χ2v) is 8.93. The van der Waals surface area contributed by atoms with Gasteiger partial charge in [-0.05, 0) is 44.2 Å². The maximum atomic E-state index is 12.7. The Morgan fingerprint density at radius 1 is 0.935 bits per heavy atom. The van der Waals surface area contributed by atoms with Crippen molar-refractivity contribution in [3.8, 4) is 0 Å². The monoisotopic (exact) mass is 425 g/mol. The molecule has 2 heterocycles. The molecule has 1 N–H and O–H groups in total. The van der Waals surface area contributed by atoms with E-state index in [0.29, 0.717) is 30.6 Å². The molecule has 1 saturated heterocycles. The summed E-state index contributed by atoms with van der Waals surface area (Å²) in [5, 5.41) is 3.19. The van der Waals surface area contributed by atoms with Gasteiger partial charge < -0.3 is 10.2 Å². The van der Waals surface area contributed by atoms with Crippen LogP contribution in [0.1, 0.15) is 78.5 Å². The van der Waals surface area contributed by atoms with E-state index in [0.717, 1.165) is 25.7 Å². The largest absolute Gasteiger partial charge is 0.353 e. The molecule has 166 valence electrons. The van der Waals surface area contributed by atoms with E-state index in [2.05, 4.69) is 5.32 Å². The molecule has 0 radical (unpaired) electrons. The maximum absolute atomic E-state index is 12.7. The smallest absolute Gasteiger partial charge is 0.261 e. The maximum Gasteiger partial charge on any atom is 0.261 e. The van der Waals surface area contributed by atoms with E-state index in [4.69, 9.17) is 0 Å². The van der Waals surface area contributed by atoms with Gasteiger partial charge in [0.1, 0.15) is 0 Å². The molecule has 0 aromatic heterocycles. The molecular weight excluding hydrogens is 394 g/mol. The zero-order valence-electron chi connectivity index (χ0n) is 18.0. The number of imide groups is 1. The molecule has 0 spiro atoms. The van der Waals surface area contributed by atoms with Crippen LogP contribution in [-0.2, 0) is 9.59 Å². The fourth-order valence-electron chi connectivity index (χ4n) is 4.97. The summed E-state index contributed by atoms with van der Waals surface area (Å²) in [4.78, 5) is 53.3. The minimum Gasteiger partial charge on any atom is -0.353 e. The molecule has 7 heteroatoms. The zero-order valence-corrected chi connectivity index (χ0v) is 18.0. The van der Waals surface area contributed by atoms with E-state index in [1.165, 1.54) is 24.2 Å². The predicted octanol–water partition coefficient (Wildman–Crippen LogP) is 2.75. The van der Waals surface area contributed by atoms with E-state index in [1.54, 1.807) is 29.2 Å². The Kier molecular flexibility index (Phi) is 6.68. The number of carbonyl (C=O) groups excluding carboxylic acids is 4. The number of rotatable bonds is 6. The van der Waals surface area contributed by atoms with Crippen LogP contribution in [0.4, 0.5) is 0 Å². The molecule has 4 rings (SSSR count). The fourth-order valence-corrected chi connectivity index (χ4v) is 4.97. The molecule has 1 aromatic carbocycles. The summed E-state index contributed by atoms with van der Waals surface area (Å²) < 4.78 is 0. The van der Waals surface area contributed by atoms with Crippen LogP contribution in [0.15, 0.2) is 24.3 Å². The van der Waals surface area contributed by atoms with E-state index in [9.17, 15) is 19.2 Å². The van der Waals surface area contributed by atoms with Crippen molar-refractivity contribution in [3.63, 3.8) is 0 Å². The Morgan fingerprint density at radius 2 is 1.61 bits per heavy atom. The first-order chi connectivity index (χ1) is 15.0. The van der Waals surface area contributed by atoms with Gasteiger partial charge in [-0.25, -0.2) is 0 Å². The molecule has 1 unspecified atom stereocenters. The highest BCUT2D eigenvalue weighted by Crippen LogP contribution is 2.24. The number of amides is 4. The molecule has 1 aliphatic carbocycles. The Labute approximate surface area is 183 Å². The third-order valence-corrected chi connectivity index (χ3v) is 6.75. The van der Waals surface area contributed by atoms with Gasteiger partial charge in [-0.15, -0.1) is 0 Å². The van der Waals surface area contributed by atoms with Crippen molar-refractivity contribution < 1.29 is 19.2 Å². The Hall–Kier alpha value is -2.70. The summed E-state index contributed by atoms with van der Waals surface area (Å²) in [7, 11) is 0. The third kappa shape index (κ3) is 4.81. The quantitative estimate of drug-likeness (QED) is 0.710. The lowest BCUT2D eigenvalue weighted by Gasteiger charge is -2.33. The zero-order chi connectivity index (χ0) is 21.8. The predicted molar refractivity (Wildman–Crippen MR) is 115 cm³/mol. The number of nitrogens with zero attached hydrogens (tertiary/aromatic N) is 2. The lowest BCUT2D eigenvalue weighted by molar-refractivity contribution is -0.136. The summed E-state index contributed by atoms with van der Waals surface area (Å²) in [5.41, 5.74) is 0.864. The standard InChI is InChI=1S/C24H31N3O4/c28-21(13-7-15-27-23(30)19-11-4-5-12-20(19)24(27)31)26-14-6-8-17(16-26)22(29)25-18-9-2-1-3-10-18/h4-5,11-12,17-18H,1-3,6-10,13-16H2,(H,25,29). The van der Waals surface area contributed by atoms with Crippen molar-refractivity contribution in [1.82, 2.24) is 15.1 Å². The van der Waals surface area contributed by atoms with Gasteiger partial charge in [0.2, 0.25) is 11.8 Å². The third-order valence-electron chi connectivity index (χ3n) is 6.75. The van der Waals surface area contributed by atoms with Crippen LogP contribution in [0.25, 0.3) is 0 Å². The summed E-state index contributed by atoms with van der Waals surface area (Å²) in [6.45, 7) is 1.36. The number of piperidine rings is 1. The van der Waals surface area contributed by atoms with Crippen molar-refractivity contribution in [2.24, 2.45) is 5.92 Å². The van der Waals surface area contributed by atoms with E-state index >= 15 is 0 Å². The molecule has 31 heavy (non-hydrogen) atoms. The first-order valence-corrected chi connectivity index (χ1v) is 11.6. The van der Waals surface area contributed by atoms with Gasteiger partial charge in [0, 0.05) is 32.1 Å². The second-order valence-electron chi connectivity index (χ2n) is 8.93. The van der Waals surface area contributed by atoms with Gasteiger partial charge in [-0.3, -0.25) is 24.1 Å². The van der Waals surface area contributed by atoms with Crippen LogP contribution in [-0.4, -0.2) is 59.1 Å². The van der Waals surface area contributed by atoms with Crippen LogP contribution in [0.3, 0.4) is 0 Å². The van der Waals surface area contributed by atoms with E-state index in [-0.39, 0.29) is 48.6 Å². The number of likely N-dealkylation sites (tertiary alicyclic amines) is 1. The molecule has 2 aliphatic heterocycles. The van der Waals surface area contributed by atoms with Crippen LogP contribution < -0.4 is 5.32 Å². The Balaban J connectivity index is 1.24.